The van der Waals surface area contributed by atoms with Crippen molar-refractivity contribution in [2.45, 2.75) is 57.0 Å². The van der Waals surface area contributed by atoms with Crippen molar-refractivity contribution in [3.05, 3.63) is 0 Å². The van der Waals surface area contributed by atoms with Crippen LogP contribution >= 0.6 is 0 Å². The Kier molecular flexibility index (Phi) is 6.60. The third kappa shape index (κ3) is 4.94. The number of hydrogen-bond donors (Lipinski definition) is 2. The minimum absolute atomic E-state index is 0.0604. The fourth-order valence-electron chi connectivity index (χ4n) is 3.36. The van der Waals surface area contributed by atoms with Crippen LogP contribution in [0.5, 0.6) is 0 Å². The molecule has 0 bridgehead atoms. The SMILES string of the molecule is COCCNC(=O)N[C@@H]1CCN(C2CCCCCC2)C1. The second-order valence-electron chi connectivity index (χ2n) is 6.02. The van der Waals surface area contributed by atoms with Crippen LogP contribution in [0.15, 0.2) is 0 Å². The number of urea groups is 1. The summed E-state index contributed by atoms with van der Waals surface area (Å²) in [7, 11) is 1.64. The van der Waals surface area contributed by atoms with Crippen LogP contribution in [0.4, 0.5) is 4.79 Å². The predicted molar refractivity (Wildman–Crippen MR) is 79.9 cm³/mol. The molecule has 0 aromatic heterocycles. The Morgan fingerprint density at radius 1 is 1.20 bits per heavy atom. The third-order valence-corrected chi connectivity index (χ3v) is 4.49. The van der Waals surface area contributed by atoms with Crippen molar-refractivity contribution >= 4 is 6.03 Å². The van der Waals surface area contributed by atoms with Gasteiger partial charge in [0, 0.05) is 38.8 Å². The smallest absolute Gasteiger partial charge is 0.315 e. The number of likely N-dealkylation sites (tertiary alicyclic amines) is 1. The molecular formula is C15H29N3O2. The highest BCUT2D eigenvalue weighted by atomic mass is 16.5. The molecule has 1 saturated heterocycles. The molecule has 2 aliphatic rings. The lowest BCUT2D eigenvalue weighted by Crippen LogP contribution is -2.45. The van der Waals surface area contributed by atoms with Gasteiger partial charge in [-0.2, -0.15) is 0 Å². The number of hydrogen-bond acceptors (Lipinski definition) is 3. The first-order valence-electron chi connectivity index (χ1n) is 8.07. The van der Waals surface area contributed by atoms with Crippen molar-refractivity contribution in [3.63, 3.8) is 0 Å². The minimum atomic E-state index is -0.0604. The standard InChI is InChI=1S/C15H29N3O2/c1-20-11-9-16-15(19)17-13-8-10-18(12-13)14-6-4-2-3-5-7-14/h13-14H,2-12H2,1H3,(H2,16,17,19)/t13-/m1/s1. The van der Waals surface area contributed by atoms with Crippen LogP contribution in [0.3, 0.4) is 0 Å². The van der Waals surface area contributed by atoms with Gasteiger partial charge in [0.05, 0.1) is 6.61 Å². The van der Waals surface area contributed by atoms with Gasteiger partial charge in [0.15, 0.2) is 0 Å². The van der Waals surface area contributed by atoms with Crippen LogP contribution in [-0.2, 0) is 4.74 Å². The van der Waals surface area contributed by atoms with Gasteiger partial charge in [-0.3, -0.25) is 4.90 Å². The van der Waals surface area contributed by atoms with Gasteiger partial charge in [-0.15, -0.1) is 0 Å². The molecule has 0 radical (unpaired) electrons. The molecular weight excluding hydrogens is 254 g/mol. The molecule has 1 saturated carbocycles. The Balaban J connectivity index is 1.67. The molecule has 0 aromatic rings. The number of methoxy groups -OCH3 is 1. The van der Waals surface area contributed by atoms with Gasteiger partial charge in [-0.05, 0) is 19.3 Å². The fourth-order valence-corrected chi connectivity index (χ4v) is 3.36. The second-order valence-corrected chi connectivity index (χ2v) is 6.02. The summed E-state index contributed by atoms with van der Waals surface area (Å²) >= 11 is 0. The van der Waals surface area contributed by atoms with E-state index in [1.54, 1.807) is 7.11 Å². The average Bonchev–Trinajstić information content (AvgIpc) is 2.73. The fraction of sp³-hybridized carbons (Fsp3) is 0.933. The maximum absolute atomic E-state index is 11.7. The molecule has 1 atom stereocenters. The molecule has 2 N–H and O–H groups in total. The Morgan fingerprint density at radius 3 is 2.65 bits per heavy atom. The van der Waals surface area contributed by atoms with Crippen molar-refractivity contribution in [3.8, 4) is 0 Å². The van der Waals surface area contributed by atoms with E-state index < -0.39 is 0 Å². The van der Waals surface area contributed by atoms with Crippen LogP contribution in [0.1, 0.15) is 44.9 Å². The Labute approximate surface area is 122 Å². The quantitative estimate of drug-likeness (QED) is 0.597. The van der Waals surface area contributed by atoms with Crippen LogP contribution in [0.25, 0.3) is 0 Å². The molecule has 2 amide bonds. The van der Waals surface area contributed by atoms with Crippen LogP contribution in [0, 0.1) is 0 Å². The highest BCUT2D eigenvalue weighted by Crippen LogP contribution is 2.24. The molecule has 5 heteroatoms. The van der Waals surface area contributed by atoms with E-state index in [4.69, 9.17) is 4.74 Å². The summed E-state index contributed by atoms with van der Waals surface area (Å²) in [5.41, 5.74) is 0. The maximum Gasteiger partial charge on any atom is 0.315 e. The summed E-state index contributed by atoms with van der Waals surface area (Å²) in [6, 6.07) is 0.997. The first-order chi connectivity index (χ1) is 9.79. The molecule has 116 valence electrons. The minimum Gasteiger partial charge on any atom is -0.383 e. The molecule has 1 aliphatic heterocycles. The van der Waals surface area contributed by atoms with Gasteiger partial charge in [0.1, 0.15) is 0 Å². The van der Waals surface area contributed by atoms with Crippen molar-refractivity contribution in [1.82, 2.24) is 15.5 Å². The molecule has 0 unspecified atom stereocenters. The molecule has 1 heterocycles. The summed E-state index contributed by atoms with van der Waals surface area (Å²) in [4.78, 5) is 14.3. The molecule has 0 spiro atoms. The Morgan fingerprint density at radius 2 is 1.95 bits per heavy atom. The lowest BCUT2D eigenvalue weighted by atomic mass is 10.1. The molecule has 2 fully saturated rings. The van der Waals surface area contributed by atoms with E-state index in [9.17, 15) is 4.79 Å². The number of carbonyl (C=O) groups excluding carboxylic acids is 1. The van der Waals surface area contributed by atoms with E-state index in [0.717, 1.165) is 25.6 Å². The summed E-state index contributed by atoms with van der Waals surface area (Å²) in [5.74, 6) is 0. The van der Waals surface area contributed by atoms with Crippen LogP contribution in [-0.4, -0.2) is 56.4 Å². The molecule has 5 nitrogen and oxygen atoms in total. The van der Waals surface area contributed by atoms with E-state index in [-0.39, 0.29) is 6.03 Å². The Hall–Kier alpha value is -0.810. The van der Waals surface area contributed by atoms with Crippen molar-refractivity contribution in [2.24, 2.45) is 0 Å². The lowest BCUT2D eigenvalue weighted by Gasteiger charge is -2.26. The normalized spacial score (nSPS) is 25.4. The topological polar surface area (TPSA) is 53.6 Å². The van der Waals surface area contributed by atoms with Gasteiger partial charge in [0.25, 0.3) is 0 Å². The zero-order valence-electron chi connectivity index (χ0n) is 12.7. The number of nitrogens with zero attached hydrogens (tertiary/aromatic N) is 1. The van der Waals surface area contributed by atoms with Crippen LogP contribution < -0.4 is 10.6 Å². The number of carbonyl (C=O) groups is 1. The zero-order chi connectivity index (χ0) is 14.2. The first kappa shape index (κ1) is 15.6. The zero-order valence-corrected chi connectivity index (χ0v) is 12.7. The lowest BCUT2D eigenvalue weighted by molar-refractivity contribution is 0.194. The maximum atomic E-state index is 11.7. The number of amides is 2. The summed E-state index contributed by atoms with van der Waals surface area (Å²) in [5, 5.41) is 5.90. The van der Waals surface area contributed by atoms with Crippen molar-refractivity contribution in [2.75, 3.05) is 33.4 Å². The molecule has 1 aliphatic carbocycles. The van der Waals surface area contributed by atoms with Crippen LogP contribution in [0.2, 0.25) is 0 Å². The number of ether oxygens (including phenoxy) is 1. The van der Waals surface area contributed by atoms with Crippen molar-refractivity contribution in [1.29, 1.82) is 0 Å². The third-order valence-electron chi connectivity index (χ3n) is 4.49. The largest absolute Gasteiger partial charge is 0.383 e. The van der Waals surface area contributed by atoms with E-state index in [1.165, 1.54) is 38.5 Å². The number of nitrogens with one attached hydrogen (secondary N) is 2. The first-order valence-corrected chi connectivity index (χ1v) is 8.07. The monoisotopic (exact) mass is 283 g/mol. The predicted octanol–water partition coefficient (Wildman–Crippen LogP) is 1.73. The highest BCUT2D eigenvalue weighted by molar-refractivity contribution is 5.74. The van der Waals surface area contributed by atoms with Gasteiger partial charge in [-0.1, -0.05) is 25.7 Å². The second kappa shape index (κ2) is 8.47. The van der Waals surface area contributed by atoms with Gasteiger partial charge in [0.2, 0.25) is 0 Å². The summed E-state index contributed by atoms with van der Waals surface area (Å²) in [6.07, 6.45) is 9.29. The van der Waals surface area contributed by atoms with E-state index in [2.05, 4.69) is 15.5 Å². The van der Waals surface area contributed by atoms with E-state index >= 15 is 0 Å². The Bertz CT molecular complexity index is 291. The average molecular weight is 283 g/mol. The molecule has 0 aromatic carbocycles. The van der Waals surface area contributed by atoms with E-state index in [1.807, 2.05) is 0 Å². The van der Waals surface area contributed by atoms with Gasteiger partial charge < -0.3 is 15.4 Å². The summed E-state index contributed by atoms with van der Waals surface area (Å²) < 4.78 is 4.92. The highest BCUT2D eigenvalue weighted by Gasteiger charge is 2.29. The number of rotatable bonds is 5. The summed E-state index contributed by atoms with van der Waals surface area (Å²) in [6.45, 7) is 3.28. The van der Waals surface area contributed by atoms with Gasteiger partial charge >= 0.3 is 6.03 Å². The van der Waals surface area contributed by atoms with Crippen molar-refractivity contribution < 1.29 is 9.53 Å². The molecule has 2 rings (SSSR count). The van der Waals surface area contributed by atoms with Gasteiger partial charge in [-0.25, -0.2) is 4.79 Å². The molecule has 20 heavy (non-hydrogen) atoms. The van der Waals surface area contributed by atoms with E-state index in [0.29, 0.717) is 19.2 Å².